The van der Waals surface area contributed by atoms with Gasteiger partial charge in [-0.15, -0.1) is 0 Å². The third kappa shape index (κ3) is 4.07. The van der Waals surface area contributed by atoms with Gasteiger partial charge in [-0.25, -0.2) is 9.78 Å². The number of carbonyl (C=O) groups is 2. The molecule has 8 heteroatoms. The second-order valence-corrected chi connectivity index (χ2v) is 7.52. The van der Waals surface area contributed by atoms with Gasteiger partial charge in [0.1, 0.15) is 0 Å². The molecule has 7 nitrogen and oxygen atoms in total. The Hall–Kier alpha value is -3.13. The van der Waals surface area contributed by atoms with Gasteiger partial charge in [-0.2, -0.15) is 0 Å². The Morgan fingerprint density at radius 1 is 1.11 bits per heavy atom. The number of imide groups is 1. The highest BCUT2D eigenvalue weighted by Gasteiger charge is 2.21. The lowest BCUT2D eigenvalue weighted by Gasteiger charge is -2.16. The van der Waals surface area contributed by atoms with Gasteiger partial charge in [-0.1, -0.05) is 41.6 Å². The number of rotatable bonds is 4. The summed E-state index contributed by atoms with van der Waals surface area (Å²) in [6, 6.07) is 14.0. The van der Waals surface area contributed by atoms with Crippen LogP contribution >= 0.6 is 11.8 Å². The van der Waals surface area contributed by atoms with E-state index in [9.17, 15) is 14.4 Å². The average molecular weight is 396 g/mol. The van der Waals surface area contributed by atoms with Crippen LogP contribution in [-0.4, -0.2) is 33.8 Å². The largest absolute Gasteiger partial charge is 0.341 e. The lowest BCUT2D eigenvalue weighted by molar-refractivity contribution is -0.119. The molecule has 1 unspecified atom stereocenters. The highest BCUT2D eigenvalue weighted by molar-refractivity contribution is 8.00. The normalized spacial score (nSPS) is 11.8. The van der Waals surface area contributed by atoms with Gasteiger partial charge in [0.15, 0.2) is 5.16 Å². The number of nitrogens with one attached hydrogen (secondary N) is 2. The van der Waals surface area contributed by atoms with E-state index in [1.807, 2.05) is 31.2 Å². The first kappa shape index (κ1) is 19.6. The summed E-state index contributed by atoms with van der Waals surface area (Å²) >= 11 is 1.12. The Kier molecular flexibility index (Phi) is 5.79. The first-order valence-electron chi connectivity index (χ1n) is 8.68. The molecule has 0 aliphatic carbocycles. The van der Waals surface area contributed by atoms with Gasteiger partial charge in [0.2, 0.25) is 5.91 Å². The van der Waals surface area contributed by atoms with Crippen molar-refractivity contribution in [2.45, 2.75) is 24.3 Å². The number of para-hydroxylation sites is 1. The van der Waals surface area contributed by atoms with Gasteiger partial charge in [-0.05, 0) is 38.1 Å². The minimum atomic E-state index is -0.637. The monoisotopic (exact) mass is 396 g/mol. The predicted octanol–water partition coefficient (Wildman–Crippen LogP) is 2.63. The fourth-order valence-electron chi connectivity index (χ4n) is 2.60. The minimum absolute atomic E-state index is 0.212. The molecule has 144 valence electrons. The molecule has 3 amide bonds. The second kappa shape index (κ2) is 8.26. The van der Waals surface area contributed by atoms with Crippen molar-refractivity contribution in [3.05, 3.63) is 64.4 Å². The van der Waals surface area contributed by atoms with Crippen molar-refractivity contribution >= 4 is 34.6 Å². The Balaban J connectivity index is 2.08. The van der Waals surface area contributed by atoms with Crippen LogP contribution in [0.1, 0.15) is 12.5 Å². The topological polar surface area (TPSA) is 93.1 Å². The maximum absolute atomic E-state index is 13.2. The summed E-state index contributed by atoms with van der Waals surface area (Å²) in [6.07, 6.45) is 0. The van der Waals surface area contributed by atoms with Crippen molar-refractivity contribution in [3.8, 4) is 5.69 Å². The third-order valence-corrected chi connectivity index (χ3v) is 5.20. The molecule has 28 heavy (non-hydrogen) atoms. The molecule has 2 aromatic carbocycles. The zero-order chi connectivity index (χ0) is 20.3. The van der Waals surface area contributed by atoms with Crippen molar-refractivity contribution in [1.82, 2.24) is 20.2 Å². The summed E-state index contributed by atoms with van der Waals surface area (Å²) in [5.41, 5.74) is 2.07. The summed E-state index contributed by atoms with van der Waals surface area (Å²) in [7, 11) is 1.43. The number of fused-ring (bicyclic) bond motifs is 1. The summed E-state index contributed by atoms with van der Waals surface area (Å²) < 4.78 is 1.50. The van der Waals surface area contributed by atoms with Crippen LogP contribution in [0.15, 0.2) is 58.5 Å². The van der Waals surface area contributed by atoms with Gasteiger partial charge in [0.25, 0.3) is 5.56 Å². The van der Waals surface area contributed by atoms with E-state index in [0.717, 1.165) is 17.3 Å². The number of hydrogen-bond donors (Lipinski definition) is 2. The molecule has 1 atom stereocenters. The van der Waals surface area contributed by atoms with E-state index >= 15 is 0 Å². The van der Waals surface area contributed by atoms with E-state index < -0.39 is 17.2 Å². The molecular weight excluding hydrogens is 376 g/mol. The highest BCUT2D eigenvalue weighted by Crippen LogP contribution is 2.25. The lowest BCUT2D eigenvalue weighted by atomic mass is 10.2. The number of aryl methyl sites for hydroxylation is 1. The van der Waals surface area contributed by atoms with Crippen LogP contribution in [0.5, 0.6) is 0 Å². The van der Waals surface area contributed by atoms with Crippen molar-refractivity contribution in [1.29, 1.82) is 0 Å². The molecule has 3 aromatic rings. The quantitative estimate of drug-likeness (QED) is 0.522. The number of nitrogens with zero attached hydrogens (tertiary/aromatic N) is 2. The number of amides is 3. The summed E-state index contributed by atoms with van der Waals surface area (Å²) in [5.74, 6) is -0.470. The smallest absolute Gasteiger partial charge is 0.321 e. The van der Waals surface area contributed by atoms with Gasteiger partial charge in [0, 0.05) is 7.05 Å². The van der Waals surface area contributed by atoms with Crippen LogP contribution in [0.3, 0.4) is 0 Å². The summed E-state index contributed by atoms with van der Waals surface area (Å²) in [5, 5.41) is 4.82. The van der Waals surface area contributed by atoms with E-state index in [-0.39, 0.29) is 5.56 Å². The SMILES string of the molecule is CNC(=O)NC(=O)C(C)Sc1nc2ccccc2c(=O)n1-c1ccc(C)cc1. The zero-order valence-electron chi connectivity index (χ0n) is 15.7. The molecule has 0 aliphatic rings. The Morgan fingerprint density at radius 3 is 2.46 bits per heavy atom. The van der Waals surface area contributed by atoms with Crippen LogP contribution in [0.25, 0.3) is 16.6 Å². The Morgan fingerprint density at radius 2 is 1.79 bits per heavy atom. The van der Waals surface area contributed by atoms with Crippen LogP contribution in [-0.2, 0) is 4.79 Å². The van der Waals surface area contributed by atoms with E-state index in [0.29, 0.717) is 21.7 Å². The van der Waals surface area contributed by atoms with Crippen molar-refractivity contribution in [2.75, 3.05) is 7.05 Å². The molecule has 1 heterocycles. The lowest BCUT2D eigenvalue weighted by Crippen LogP contribution is -2.41. The summed E-state index contributed by atoms with van der Waals surface area (Å²) in [6.45, 7) is 3.62. The van der Waals surface area contributed by atoms with Crippen molar-refractivity contribution in [3.63, 3.8) is 0 Å². The van der Waals surface area contributed by atoms with Crippen LogP contribution in [0, 0.1) is 6.92 Å². The molecule has 0 bridgehead atoms. The molecule has 0 saturated carbocycles. The zero-order valence-corrected chi connectivity index (χ0v) is 16.5. The van der Waals surface area contributed by atoms with E-state index in [1.165, 1.54) is 11.6 Å². The maximum atomic E-state index is 13.2. The van der Waals surface area contributed by atoms with Gasteiger partial charge >= 0.3 is 6.03 Å². The molecule has 0 radical (unpaired) electrons. The number of benzene rings is 2. The molecule has 0 saturated heterocycles. The number of thioether (sulfide) groups is 1. The predicted molar refractivity (Wildman–Crippen MR) is 110 cm³/mol. The first-order valence-corrected chi connectivity index (χ1v) is 9.56. The van der Waals surface area contributed by atoms with Crippen molar-refractivity contribution < 1.29 is 9.59 Å². The highest BCUT2D eigenvalue weighted by atomic mass is 32.2. The van der Waals surface area contributed by atoms with Crippen LogP contribution in [0.2, 0.25) is 0 Å². The average Bonchev–Trinajstić information content (AvgIpc) is 2.69. The van der Waals surface area contributed by atoms with E-state index in [1.54, 1.807) is 31.2 Å². The molecule has 0 fully saturated rings. The number of aromatic nitrogens is 2. The molecule has 0 aliphatic heterocycles. The Bertz CT molecular complexity index is 1090. The molecular formula is C20H20N4O3S. The molecule has 3 rings (SSSR count). The van der Waals surface area contributed by atoms with Gasteiger partial charge in [-0.3, -0.25) is 19.5 Å². The van der Waals surface area contributed by atoms with Crippen LogP contribution in [0.4, 0.5) is 4.79 Å². The minimum Gasteiger partial charge on any atom is -0.341 e. The van der Waals surface area contributed by atoms with Gasteiger partial charge in [0.05, 0.1) is 21.8 Å². The van der Waals surface area contributed by atoms with E-state index in [2.05, 4.69) is 15.6 Å². The van der Waals surface area contributed by atoms with Gasteiger partial charge < -0.3 is 5.32 Å². The third-order valence-electron chi connectivity index (χ3n) is 4.15. The standard InChI is InChI=1S/C20H20N4O3S/c1-12-8-10-14(11-9-12)24-18(26)15-6-4-5-7-16(15)22-20(24)28-13(2)17(25)23-19(27)21-3/h4-11,13H,1-3H3,(H2,21,23,25,27). The number of carbonyl (C=O) groups excluding carboxylic acids is 2. The Labute approximate surface area is 166 Å². The second-order valence-electron chi connectivity index (χ2n) is 6.22. The fraction of sp³-hybridized carbons (Fsp3) is 0.200. The van der Waals surface area contributed by atoms with E-state index in [4.69, 9.17) is 0 Å². The number of urea groups is 1. The first-order chi connectivity index (χ1) is 13.4. The molecule has 1 aromatic heterocycles. The fourth-order valence-corrected chi connectivity index (χ4v) is 3.53. The van der Waals surface area contributed by atoms with Crippen LogP contribution < -0.4 is 16.2 Å². The molecule has 2 N–H and O–H groups in total. The van der Waals surface area contributed by atoms with Crippen molar-refractivity contribution in [2.24, 2.45) is 0 Å². The molecule has 0 spiro atoms. The number of hydrogen-bond acceptors (Lipinski definition) is 5. The maximum Gasteiger partial charge on any atom is 0.321 e. The summed E-state index contributed by atoms with van der Waals surface area (Å²) in [4.78, 5) is 41.4.